The lowest BCUT2D eigenvalue weighted by Gasteiger charge is -2.45. The summed E-state index contributed by atoms with van der Waals surface area (Å²) >= 11 is 0. The fourth-order valence-electron chi connectivity index (χ4n) is 3.90. The minimum absolute atomic E-state index is 0.160. The molecule has 0 spiro atoms. The molecule has 0 N–H and O–H groups in total. The number of fused-ring (bicyclic) bond motifs is 1. The van der Waals surface area contributed by atoms with Crippen LogP contribution in [0.25, 0.3) is 0 Å². The Bertz CT molecular complexity index is 817. The SMILES string of the molecule is C=CC1(C)CC(C=C)(c2ccc(C)cc2C)Oc2cc(C)ccc21. The van der Waals surface area contributed by atoms with E-state index in [1.807, 2.05) is 12.2 Å². The fraction of sp³-hybridized carbons (Fsp3) is 0.304. The predicted octanol–water partition coefficient (Wildman–Crippen LogP) is 5.92. The van der Waals surface area contributed by atoms with E-state index < -0.39 is 5.60 Å². The molecule has 2 atom stereocenters. The first-order chi connectivity index (χ1) is 11.3. The van der Waals surface area contributed by atoms with Crippen LogP contribution >= 0.6 is 0 Å². The van der Waals surface area contributed by atoms with Gasteiger partial charge in [-0.25, -0.2) is 0 Å². The van der Waals surface area contributed by atoms with Gasteiger partial charge in [0.15, 0.2) is 5.60 Å². The van der Waals surface area contributed by atoms with Gasteiger partial charge in [-0.15, -0.1) is 6.58 Å². The van der Waals surface area contributed by atoms with Crippen LogP contribution in [0.5, 0.6) is 5.75 Å². The molecule has 2 unspecified atom stereocenters. The van der Waals surface area contributed by atoms with Crippen molar-refractivity contribution < 1.29 is 4.74 Å². The lowest BCUT2D eigenvalue weighted by atomic mass is 9.68. The first kappa shape index (κ1) is 16.6. The molecule has 3 rings (SSSR count). The maximum absolute atomic E-state index is 6.59. The number of ether oxygens (including phenoxy) is 1. The summed E-state index contributed by atoms with van der Waals surface area (Å²) in [6, 6.07) is 13.0. The summed E-state index contributed by atoms with van der Waals surface area (Å²) in [6.45, 7) is 16.8. The van der Waals surface area contributed by atoms with Crippen LogP contribution in [0.2, 0.25) is 0 Å². The van der Waals surface area contributed by atoms with Crippen LogP contribution in [-0.4, -0.2) is 0 Å². The highest BCUT2D eigenvalue weighted by Crippen LogP contribution is 2.50. The number of allylic oxidation sites excluding steroid dienone is 1. The summed E-state index contributed by atoms with van der Waals surface area (Å²) in [5, 5.41) is 0. The molecule has 0 aromatic heterocycles. The zero-order valence-electron chi connectivity index (χ0n) is 15.1. The predicted molar refractivity (Wildman–Crippen MR) is 102 cm³/mol. The Morgan fingerprint density at radius 3 is 2.12 bits per heavy atom. The lowest BCUT2D eigenvalue weighted by Crippen LogP contribution is -2.43. The van der Waals surface area contributed by atoms with E-state index in [2.05, 4.69) is 77.3 Å². The van der Waals surface area contributed by atoms with Crippen molar-refractivity contribution >= 4 is 0 Å². The summed E-state index contributed by atoms with van der Waals surface area (Å²) < 4.78 is 6.59. The number of rotatable bonds is 3. The minimum Gasteiger partial charge on any atom is -0.478 e. The highest BCUT2D eigenvalue weighted by Gasteiger charge is 2.45. The van der Waals surface area contributed by atoms with E-state index in [1.165, 1.54) is 27.8 Å². The highest BCUT2D eigenvalue weighted by molar-refractivity contribution is 5.50. The third-order valence-electron chi connectivity index (χ3n) is 5.29. The Hall–Kier alpha value is -2.28. The topological polar surface area (TPSA) is 9.23 Å². The van der Waals surface area contributed by atoms with Gasteiger partial charge in [-0.3, -0.25) is 0 Å². The molecule has 0 aliphatic carbocycles. The van der Waals surface area contributed by atoms with E-state index in [0.29, 0.717) is 0 Å². The normalized spacial score (nSPS) is 25.5. The average molecular weight is 318 g/mol. The van der Waals surface area contributed by atoms with Crippen LogP contribution in [0, 0.1) is 20.8 Å². The van der Waals surface area contributed by atoms with Gasteiger partial charge < -0.3 is 4.74 Å². The standard InChI is InChI=1S/C23H26O/c1-7-22(6)15-23(8-2,19-11-9-16(3)13-18(19)5)24-21-14-17(4)10-12-20(21)22/h7-14H,1-2,15H2,3-6H3. The van der Waals surface area contributed by atoms with Gasteiger partial charge in [-0.05, 0) is 44.0 Å². The Labute approximate surface area is 145 Å². The zero-order chi connectivity index (χ0) is 17.5. The summed E-state index contributed by atoms with van der Waals surface area (Å²) in [4.78, 5) is 0. The molecule has 1 heteroatoms. The minimum atomic E-state index is -0.540. The van der Waals surface area contributed by atoms with E-state index in [-0.39, 0.29) is 5.41 Å². The molecule has 1 heterocycles. The van der Waals surface area contributed by atoms with E-state index in [0.717, 1.165) is 12.2 Å². The third-order valence-corrected chi connectivity index (χ3v) is 5.29. The van der Waals surface area contributed by atoms with Gasteiger partial charge in [0.2, 0.25) is 0 Å². The van der Waals surface area contributed by atoms with Crippen molar-refractivity contribution in [2.45, 2.75) is 45.1 Å². The molecule has 0 radical (unpaired) electrons. The lowest BCUT2D eigenvalue weighted by molar-refractivity contribution is 0.0671. The van der Waals surface area contributed by atoms with Crippen LogP contribution < -0.4 is 4.74 Å². The second-order valence-corrected chi connectivity index (χ2v) is 7.31. The van der Waals surface area contributed by atoms with Gasteiger partial charge in [0.1, 0.15) is 5.75 Å². The van der Waals surface area contributed by atoms with Crippen LogP contribution in [0.4, 0.5) is 0 Å². The molecule has 2 aromatic rings. The van der Waals surface area contributed by atoms with Crippen molar-refractivity contribution in [2.75, 3.05) is 0 Å². The third kappa shape index (κ3) is 2.49. The molecule has 0 saturated carbocycles. The molecule has 1 aliphatic rings. The first-order valence-electron chi connectivity index (χ1n) is 8.49. The summed E-state index contributed by atoms with van der Waals surface area (Å²) in [5.41, 5.74) is 5.37. The van der Waals surface area contributed by atoms with Crippen LogP contribution in [0.15, 0.2) is 61.7 Å². The second kappa shape index (κ2) is 5.66. The van der Waals surface area contributed by atoms with E-state index in [1.54, 1.807) is 0 Å². The number of hydrogen-bond donors (Lipinski definition) is 0. The zero-order valence-corrected chi connectivity index (χ0v) is 15.1. The van der Waals surface area contributed by atoms with Crippen molar-refractivity contribution in [3.8, 4) is 5.75 Å². The van der Waals surface area contributed by atoms with Crippen LogP contribution in [0.3, 0.4) is 0 Å². The Morgan fingerprint density at radius 2 is 1.54 bits per heavy atom. The maximum atomic E-state index is 6.59. The number of aryl methyl sites for hydroxylation is 3. The van der Waals surface area contributed by atoms with Gasteiger partial charge in [0, 0.05) is 23.0 Å². The maximum Gasteiger partial charge on any atom is 0.153 e. The summed E-state index contributed by atoms with van der Waals surface area (Å²) in [5.74, 6) is 0.934. The van der Waals surface area contributed by atoms with E-state index in [4.69, 9.17) is 4.74 Å². The highest BCUT2D eigenvalue weighted by atomic mass is 16.5. The Kier molecular flexibility index (Phi) is 3.91. The summed E-state index contributed by atoms with van der Waals surface area (Å²) in [6.07, 6.45) is 4.80. The number of benzene rings is 2. The van der Waals surface area contributed by atoms with Crippen molar-refractivity contribution in [3.63, 3.8) is 0 Å². The van der Waals surface area contributed by atoms with Gasteiger partial charge in [0.25, 0.3) is 0 Å². The molecule has 0 fully saturated rings. The molecule has 1 aliphatic heterocycles. The van der Waals surface area contributed by atoms with Crippen LogP contribution in [0.1, 0.15) is 41.2 Å². The monoisotopic (exact) mass is 318 g/mol. The molecule has 24 heavy (non-hydrogen) atoms. The van der Waals surface area contributed by atoms with E-state index >= 15 is 0 Å². The summed E-state index contributed by atoms with van der Waals surface area (Å²) in [7, 11) is 0. The Balaban J connectivity index is 2.23. The van der Waals surface area contributed by atoms with Crippen molar-refractivity contribution in [1.82, 2.24) is 0 Å². The van der Waals surface area contributed by atoms with Crippen molar-refractivity contribution in [2.24, 2.45) is 0 Å². The second-order valence-electron chi connectivity index (χ2n) is 7.31. The van der Waals surface area contributed by atoms with Gasteiger partial charge >= 0.3 is 0 Å². The molecular weight excluding hydrogens is 292 g/mol. The largest absolute Gasteiger partial charge is 0.478 e. The molecule has 1 nitrogen and oxygen atoms in total. The fourth-order valence-corrected chi connectivity index (χ4v) is 3.90. The van der Waals surface area contributed by atoms with Gasteiger partial charge in [0.05, 0.1) is 0 Å². The molecule has 2 aromatic carbocycles. The average Bonchev–Trinajstić information content (AvgIpc) is 2.54. The molecule has 124 valence electrons. The molecular formula is C23H26O. The smallest absolute Gasteiger partial charge is 0.153 e. The molecule has 0 bridgehead atoms. The van der Waals surface area contributed by atoms with E-state index in [9.17, 15) is 0 Å². The first-order valence-corrected chi connectivity index (χ1v) is 8.49. The van der Waals surface area contributed by atoms with Crippen LogP contribution in [-0.2, 0) is 11.0 Å². The molecule has 0 saturated heterocycles. The number of hydrogen-bond acceptors (Lipinski definition) is 1. The molecule has 0 amide bonds. The van der Waals surface area contributed by atoms with Crippen molar-refractivity contribution in [3.05, 3.63) is 89.5 Å². The van der Waals surface area contributed by atoms with Gasteiger partial charge in [-0.1, -0.05) is 55.5 Å². The Morgan fingerprint density at radius 1 is 0.917 bits per heavy atom. The van der Waals surface area contributed by atoms with Crippen molar-refractivity contribution in [1.29, 1.82) is 0 Å². The quantitative estimate of drug-likeness (QED) is 0.638. The van der Waals surface area contributed by atoms with Gasteiger partial charge in [-0.2, -0.15) is 0 Å².